The molecule has 130 valence electrons. The highest BCUT2D eigenvalue weighted by Gasteiger charge is 2.05. The number of hydrogen-bond acceptors (Lipinski definition) is 5. The minimum Gasteiger partial charge on any atom is -0.428 e. The molecule has 0 aromatic carbocycles. The molecule has 0 rings (SSSR count). The lowest BCUT2D eigenvalue weighted by atomic mass is 10.1. The van der Waals surface area contributed by atoms with Gasteiger partial charge in [0, 0.05) is 12.2 Å². The molecule has 0 unspecified atom stereocenters. The van der Waals surface area contributed by atoms with Gasteiger partial charge in [0.05, 0.1) is 0 Å². The van der Waals surface area contributed by atoms with Gasteiger partial charge in [-0.3, -0.25) is 4.79 Å². The molecule has 0 saturated heterocycles. The molecular weight excluding hydrogens is 300 g/mol. The van der Waals surface area contributed by atoms with Crippen molar-refractivity contribution in [3.05, 3.63) is 0 Å². The van der Waals surface area contributed by atoms with E-state index < -0.39 is 5.30 Å². The topological polar surface area (TPSA) is 52.6 Å². The maximum Gasteiger partial charge on any atom is 0.370 e. The van der Waals surface area contributed by atoms with Crippen LogP contribution in [0.3, 0.4) is 0 Å². The molecule has 0 heterocycles. The van der Waals surface area contributed by atoms with Crippen molar-refractivity contribution >= 4 is 23.0 Å². The van der Waals surface area contributed by atoms with Crippen LogP contribution in [0.15, 0.2) is 0 Å². The van der Waals surface area contributed by atoms with E-state index in [0.717, 1.165) is 24.6 Å². The third-order valence-corrected chi connectivity index (χ3v) is 4.04. The van der Waals surface area contributed by atoms with E-state index in [-0.39, 0.29) is 12.8 Å². The fourth-order valence-corrected chi connectivity index (χ4v) is 2.50. The van der Waals surface area contributed by atoms with E-state index in [2.05, 4.69) is 6.92 Å². The quantitative estimate of drug-likeness (QED) is 0.232. The fraction of sp³-hybridized carbons (Fsp3) is 0.882. The number of rotatable bonds is 14. The van der Waals surface area contributed by atoms with Crippen molar-refractivity contribution in [3.63, 3.8) is 0 Å². The molecule has 0 aliphatic carbocycles. The van der Waals surface area contributed by atoms with Gasteiger partial charge < -0.3 is 9.47 Å². The number of thioether (sulfide) groups is 1. The number of ether oxygens (including phenoxy) is 2. The lowest BCUT2D eigenvalue weighted by Crippen LogP contribution is -2.10. The molecule has 0 aliphatic rings. The Hall–Kier alpha value is -0.710. The van der Waals surface area contributed by atoms with Crippen molar-refractivity contribution in [1.29, 1.82) is 0 Å². The van der Waals surface area contributed by atoms with E-state index in [1.54, 1.807) is 0 Å². The van der Waals surface area contributed by atoms with Gasteiger partial charge in [0.15, 0.2) is 0 Å². The van der Waals surface area contributed by atoms with Crippen molar-refractivity contribution in [2.24, 2.45) is 0 Å². The van der Waals surface area contributed by atoms with Crippen molar-refractivity contribution in [2.75, 3.05) is 12.5 Å². The summed E-state index contributed by atoms with van der Waals surface area (Å²) in [6.07, 6.45) is 12.8. The Kier molecular flexibility index (Phi) is 16.1. The molecule has 0 fully saturated rings. The molecule has 0 aromatic rings. The highest BCUT2D eigenvalue weighted by Crippen LogP contribution is 2.11. The van der Waals surface area contributed by atoms with Gasteiger partial charge in [-0.1, -0.05) is 71.6 Å². The number of esters is 1. The molecule has 0 spiro atoms. The number of hydrogen-bond donors (Lipinski definition) is 0. The highest BCUT2D eigenvalue weighted by molar-refractivity contribution is 8.13. The van der Waals surface area contributed by atoms with Crippen LogP contribution in [0, 0.1) is 0 Å². The maximum absolute atomic E-state index is 11.4. The summed E-state index contributed by atoms with van der Waals surface area (Å²) in [6, 6.07) is 0. The third-order valence-electron chi connectivity index (χ3n) is 3.39. The first-order chi connectivity index (χ1) is 10.7. The summed E-state index contributed by atoms with van der Waals surface area (Å²) in [5.41, 5.74) is 0. The molecule has 22 heavy (non-hydrogen) atoms. The minimum absolute atomic E-state index is 0.261. The fourth-order valence-electron chi connectivity index (χ4n) is 2.13. The van der Waals surface area contributed by atoms with Crippen LogP contribution in [0.1, 0.15) is 84.5 Å². The van der Waals surface area contributed by atoms with Gasteiger partial charge in [0.25, 0.3) is 0 Å². The summed E-state index contributed by atoms with van der Waals surface area (Å²) in [7, 11) is 0. The van der Waals surface area contributed by atoms with E-state index >= 15 is 0 Å². The van der Waals surface area contributed by atoms with Crippen LogP contribution in [-0.4, -0.2) is 23.8 Å². The molecule has 0 aliphatic heterocycles. The van der Waals surface area contributed by atoms with Crippen molar-refractivity contribution < 1.29 is 19.1 Å². The van der Waals surface area contributed by atoms with Gasteiger partial charge in [0.1, 0.15) is 0 Å². The molecule has 0 N–H and O–H groups in total. The zero-order valence-electron chi connectivity index (χ0n) is 14.2. The lowest BCUT2D eigenvalue weighted by Gasteiger charge is -2.05. The Bertz CT molecular complexity index is 282. The van der Waals surface area contributed by atoms with Gasteiger partial charge in [-0.2, -0.15) is 0 Å². The second-order valence-corrected chi connectivity index (χ2v) is 6.59. The smallest absolute Gasteiger partial charge is 0.370 e. The predicted molar refractivity (Wildman–Crippen MR) is 92.0 cm³/mol. The van der Waals surface area contributed by atoms with E-state index in [1.165, 1.54) is 51.4 Å². The summed E-state index contributed by atoms with van der Waals surface area (Å²) in [6.45, 7) is 3.84. The Morgan fingerprint density at radius 2 is 1.32 bits per heavy atom. The predicted octanol–water partition coefficient (Wildman–Crippen LogP) is 5.69. The van der Waals surface area contributed by atoms with E-state index in [9.17, 15) is 9.59 Å². The summed E-state index contributed by atoms with van der Waals surface area (Å²) in [5.74, 6) is 0.375. The Balaban J connectivity index is 3.23. The second-order valence-electron chi connectivity index (χ2n) is 5.39. The monoisotopic (exact) mass is 332 g/mol. The second kappa shape index (κ2) is 16.7. The first-order valence-electron chi connectivity index (χ1n) is 8.65. The van der Waals surface area contributed by atoms with Gasteiger partial charge >= 0.3 is 11.3 Å². The molecule has 0 atom stereocenters. The van der Waals surface area contributed by atoms with Crippen LogP contribution in [0.5, 0.6) is 0 Å². The highest BCUT2D eigenvalue weighted by atomic mass is 32.2. The molecule has 0 radical (unpaired) electrons. The molecule has 0 amide bonds. The van der Waals surface area contributed by atoms with E-state index in [1.807, 2.05) is 6.92 Å². The lowest BCUT2D eigenvalue weighted by molar-refractivity contribution is -0.151. The first kappa shape index (κ1) is 21.3. The third kappa shape index (κ3) is 15.7. The number of carbonyl (C=O) groups excluding carboxylic acids is 2. The molecular formula is C17H32O4S. The van der Waals surface area contributed by atoms with Crippen LogP contribution in [0.2, 0.25) is 0 Å². The molecule has 4 nitrogen and oxygen atoms in total. The average Bonchev–Trinajstić information content (AvgIpc) is 2.49. The van der Waals surface area contributed by atoms with Crippen LogP contribution < -0.4 is 0 Å². The van der Waals surface area contributed by atoms with Crippen LogP contribution >= 0.6 is 11.8 Å². The number of unbranched alkanes of at least 4 members (excludes halogenated alkanes) is 9. The zero-order chi connectivity index (χ0) is 16.5. The van der Waals surface area contributed by atoms with Gasteiger partial charge in [-0.05, 0) is 18.2 Å². The van der Waals surface area contributed by atoms with E-state index in [0.29, 0.717) is 12.2 Å². The molecule has 0 saturated carbocycles. The molecule has 0 bridgehead atoms. The normalized spacial score (nSPS) is 10.5. The number of carbonyl (C=O) groups is 2. The van der Waals surface area contributed by atoms with Crippen LogP contribution in [0.4, 0.5) is 4.79 Å². The van der Waals surface area contributed by atoms with Crippen LogP contribution in [-0.2, 0) is 14.3 Å². The largest absolute Gasteiger partial charge is 0.428 e. The summed E-state index contributed by atoms with van der Waals surface area (Å²) < 4.78 is 9.58. The van der Waals surface area contributed by atoms with Crippen molar-refractivity contribution in [2.45, 2.75) is 84.5 Å². The Morgan fingerprint density at radius 1 is 0.773 bits per heavy atom. The zero-order valence-corrected chi connectivity index (χ0v) is 15.1. The SMILES string of the molecule is CCCCCCCCCCCCC(=O)OCOC(=O)SCC. The van der Waals surface area contributed by atoms with E-state index in [4.69, 9.17) is 9.47 Å². The molecule has 0 aromatic heterocycles. The Labute approximate surface area is 139 Å². The van der Waals surface area contributed by atoms with Crippen LogP contribution in [0.25, 0.3) is 0 Å². The summed E-state index contributed by atoms with van der Waals surface area (Å²) >= 11 is 1.07. The summed E-state index contributed by atoms with van der Waals surface area (Å²) in [4.78, 5) is 22.4. The van der Waals surface area contributed by atoms with Crippen molar-refractivity contribution in [3.8, 4) is 0 Å². The summed E-state index contributed by atoms with van der Waals surface area (Å²) in [5, 5.41) is -0.394. The Morgan fingerprint density at radius 3 is 1.86 bits per heavy atom. The van der Waals surface area contributed by atoms with Gasteiger partial charge in [0.2, 0.25) is 6.79 Å². The van der Waals surface area contributed by atoms with Gasteiger partial charge in [-0.25, -0.2) is 4.79 Å². The molecule has 5 heteroatoms. The van der Waals surface area contributed by atoms with Gasteiger partial charge in [-0.15, -0.1) is 0 Å². The average molecular weight is 333 g/mol. The van der Waals surface area contributed by atoms with Crippen molar-refractivity contribution in [1.82, 2.24) is 0 Å². The minimum atomic E-state index is -0.394. The standard InChI is InChI=1S/C17H32O4S/c1-3-5-6-7-8-9-10-11-12-13-14-16(18)20-15-21-17(19)22-4-2/h3-15H2,1-2H3. The first-order valence-corrected chi connectivity index (χ1v) is 9.64. The maximum atomic E-state index is 11.4.